The first-order chi connectivity index (χ1) is 11.8. The van der Waals surface area contributed by atoms with Crippen molar-refractivity contribution in [3.8, 4) is 0 Å². The first-order valence-corrected chi connectivity index (χ1v) is 9.00. The minimum Gasteiger partial charge on any atom is -0.444 e. The van der Waals surface area contributed by atoms with E-state index in [-0.39, 0.29) is 5.91 Å². The van der Waals surface area contributed by atoms with Crippen molar-refractivity contribution in [3.63, 3.8) is 0 Å². The Labute approximate surface area is 150 Å². The van der Waals surface area contributed by atoms with Gasteiger partial charge in [-0.2, -0.15) is 0 Å². The van der Waals surface area contributed by atoms with E-state index in [2.05, 4.69) is 4.98 Å². The van der Waals surface area contributed by atoms with E-state index in [1.54, 1.807) is 16.0 Å². The molecular weight excluding hydrogens is 318 g/mol. The highest BCUT2D eigenvalue weighted by Crippen LogP contribution is 2.22. The Balaban J connectivity index is 2.11. The number of carbonyl (C=O) groups is 2. The summed E-state index contributed by atoms with van der Waals surface area (Å²) in [7, 11) is 0. The van der Waals surface area contributed by atoms with Crippen LogP contribution in [0.3, 0.4) is 0 Å². The van der Waals surface area contributed by atoms with Gasteiger partial charge in [-0.3, -0.25) is 14.7 Å². The number of pyridine rings is 1. The van der Waals surface area contributed by atoms with Crippen LogP contribution >= 0.6 is 0 Å². The van der Waals surface area contributed by atoms with E-state index in [1.807, 2.05) is 45.9 Å². The van der Waals surface area contributed by atoms with Crippen LogP contribution in [0.1, 0.15) is 52.7 Å². The third kappa shape index (κ3) is 5.44. The lowest BCUT2D eigenvalue weighted by Gasteiger charge is -2.38. The minimum absolute atomic E-state index is 0.0290. The Morgan fingerprint density at radius 2 is 2.08 bits per heavy atom. The largest absolute Gasteiger partial charge is 0.444 e. The summed E-state index contributed by atoms with van der Waals surface area (Å²) < 4.78 is 5.49. The third-order valence-electron chi connectivity index (χ3n) is 4.19. The van der Waals surface area contributed by atoms with Gasteiger partial charge in [0.2, 0.25) is 5.91 Å². The number of likely N-dealkylation sites (tertiary alicyclic amines) is 1. The van der Waals surface area contributed by atoms with Crippen molar-refractivity contribution in [2.75, 3.05) is 13.1 Å². The Morgan fingerprint density at radius 1 is 1.32 bits per heavy atom. The topological polar surface area (TPSA) is 62.7 Å². The van der Waals surface area contributed by atoms with Gasteiger partial charge in [0.05, 0.1) is 12.2 Å². The van der Waals surface area contributed by atoms with E-state index in [4.69, 9.17) is 4.74 Å². The Bertz CT molecular complexity index is 583. The summed E-state index contributed by atoms with van der Waals surface area (Å²) >= 11 is 0. The molecule has 0 saturated carbocycles. The van der Waals surface area contributed by atoms with Crippen LogP contribution in [0.2, 0.25) is 0 Å². The standard InChI is InChI=1S/C19H29N3O3/c1-5-21(14-15-10-6-8-12-20-15)17(23)16-11-7-9-13-22(16)18(24)25-19(2,3)4/h6,8,10,12,16H,5,7,9,11,13-14H2,1-4H3/t16-/m1/s1. The van der Waals surface area contributed by atoms with E-state index < -0.39 is 17.7 Å². The van der Waals surface area contributed by atoms with Crippen molar-refractivity contribution in [2.45, 2.75) is 65.1 Å². The van der Waals surface area contributed by atoms with Crippen molar-refractivity contribution in [1.82, 2.24) is 14.8 Å². The second-order valence-corrected chi connectivity index (χ2v) is 7.36. The van der Waals surface area contributed by atoms with E-state index >= 15 is 0 Å². The molecule has 25 heavy (non-hydrogen) atoms. The minimum atomic E-state index is -0.569. The molecule has 1 aliphatic heterocycles. The van der Waals surface area contributed by atoms with Crippen molar-refractivity contribution in [3.05, 3.63) is 30.1 Å². The molecule has 2 amide bonds. The van der Waals surface area contributed by atoms with Crippen LogP contribution < -0.4 is 0 Å². The molecule has 0 N–H and O–H groups in total. The summed E-state index contributed by atoms with van der Waals surface area (Å²) in [6.45, 7) is 9.05. The smallest absolute Gasteiger partial charge is 0.410 e. The molecular formula is C19H29N3O3. The van der Waals surface area contributed by atoms with Gasteiger partial charge in [-0.15, -0.1) is 0 Å². The van der Waals surface area contributed by atoms with Gasteiger partial charge in [0.25, 0.3) is 0 Å². The fourth-order valence-corrected chi connectivity index (χ4v) is 2.97. The average molecular weight is 347 g/mol. The van der Waals surface area contributed by atoms with Crippen LogP contribution in [-0.4, -0.2) is 51.5 Å². The molecule has 1 aliphatic rings. The summed E-state index contributed by atoms with van der Waals surface area (Å²) in [4.78, 5) is 33.2. The van der Waals surface area contributed by atoms with E-state index in [1.165, 1.54) is 0 Å². The summed E-state index contributed by atoms with van der Waals surface area (Å²) in [6.07, 6.45) is 3.84. The number of ether oxygens (including phenoxy) is 1. The molecule has 2 rings (SSSR count). The second-order valence-electron chi connectivity index (χ2n) is 7.36. The summed E-state index contributed by atoms with van der Waals surface area (Å²) in [5.41, 5.74) is 0.276. The van der Waals surface area contributed by atoms with Gasteiger partial charge in [-0.05, 0) is 59.1 Å². The highest BCUT2D eigenvalue weighted by Gasteiger charge is 2.36. The molecule has 6 heteroatoms. The summed E-state index contributed by atoms with van der Waals surface area (Å²) in [5.74, 6) is -0.0290. The normalized spacial score (nSPS) is 17.9. The van der Waals surface area contributed by atoms with Crippen molar-refractivity contribution < 1.29 is 14.3 Å². The van der Waals surface area contributed by atoms with E-state index in [9.17, 15) is 9.59 Å². The summed E-state index contributed by atoms with van der Waals surface area (Å²) in [5, 5.41) is 0. The van der Waals surface area contributed by atoms with Crippen LogP contribution in [0.4, 0.5) is 4.79 Å². The van der Waals surface area contributed by atoms with Gasteiger partial charge >= 0.3 is 6.09 Å². The van der Waals surface area contributed by atoms with Gasteiger partial charge in [0, 0.05) is 19.3 Å². The van der Waals surface area contributed by atoms with Crippen LogP contribution in [0.15, 0.2) is 24.4 Å². The van der Waals surface area contributed by atoms with Gasteiger partial charge in [0.15, 0.2) is 0 Å². The first-order valence-electron chi connectivity index (χ1n) is 9.00. The molecule has 0 aliphatic carbocycles. The maximum atomic E-state index is 13.1. The Morgan fingerprint density at radius 3 is 2.68 bits per heavy atom. The molecule has 1 aromatic heterocycles. The molecule has 1 aromatic rings. The number of aromatic nitrogens is 1. The van der Waals surface area contributed by atoms with E-state index in [0.717, 1.165) is 18.5 Å². The first kappa shape index (κ1) is 19.2. The van der Waals surface area contributed by atoms with Crippen LogP contribution in [0, 0.1) is 0 Å². The molecule has 0 spiro atoms. The van der Waals surface area contributed by atoms with Crippen LogP contribution in [0.25, 0.3) is 0 Å². The lowest BCUT2D eigenvalue weighted by atomic mass is 10.0. The van der Waals surface area contributed by atoms with Crippen LogP contribution in [0.5, 0.6) is 0 Å². The monoisotopic (exact) mass is 347 g/mol. The maximum absolute atomic E-state index is 13.1. The van der Waals surface area contributed by atoms with Gasteiger partial charge in [-0.25, -0.2) is 4.79 Å². The maximum Gasteiger partial charge on any atom is 0.410 e. The number of hydrogen-bond acceptors (Lipinski definition) is 4. The molecule has 1 fully saturated rings. The van der Waals surface area contributed by atoms with Crippen molar-refractivity contribution in [2.24, 2.45) is 0 Å². The van der Waals surface area contributed by atoms with Crippen LogP contribution in [-0.2, 0) is 16.1 Å². The lowest BCUT2D eigenvalue weighted by molar-refractivity contribution is -0.138. The third-order valence-corrected chi connectivity index (χ3v) is 4.19. The lowest BCUT2D eigenvalue weighted by Crippen LogP contribution is -2.53. The fraction of sp³-hybridized carbons (Fsp3) is 0.632. The second kappa shape index (κ2) is 8.32. The number of amides is 2. The molecule has 1 saturated heterocycles. The predicted molar refractivity (Wildman–Crippen MR) is 95.9 cm³/mol. The number of carbonyl (C=O) groups excluding carboxylic acids is 2. The molecule has 2 heterocycles. The molecule has 0 radical (unpaired) electrons. The number of likely N-dealkylation sites (N-methyl/N-ethyl adjacent to an activating group) is 1. The number of nitrogens with zero attached hydrogens (tertiary/aromatic N) is 3. The molecule has 138 valence electrons. The fourth-order valence-electron chi connectivity index (χ4n) is 2.97. The predicted octanol–water partition coefficient (Wildman–Crippen LogP) is 3.22. The summed E-state index contributed by atoms with van der Waals surface area (Å²) in [6, 6.07) is 5.22. The highest BCUT2D eigenvalue weighted by molar-refractivity contribution is 5.86. The molecule has 0 aromatic carbocycles. The molecule has 6 nitrogen and oxygen atoms in total. The molecule has 1 atom stereocenters. The van der Waals surface area contributed by atoms with E-state index in [0.29, 0.717) is 26.1 Å². The Hall–Kier alpha value is -2.11. The van der Waals surface area contributed by atoms with Crippen molar-refractivity contribution in [1.29, 1.82) is 0 Å². The van der Waals surface area contributed by atoms with Crippen molar-refractivity contribution >= 4 is 12.0 Å². The van der Waals surface area contributed by atoms with Gasteiger partial charge < -0.3 is 9.64 Å². The number of piperidine rings is 1. The SMILES string of the molecule is CCN(Cc1ccccn1)C(=O)[C@H]1CCCCN1C(=O)OC(C)(C)C. The van der Waals surface area contributed by atoms with Gasteiger partial charge in [0.1, 0.15) is 11.6 Å². The number of hydrogen-bond donors (Lipinski definition) is 0. The zero-order chi connectivity index (χ0) is 18.4. The van der Waals surface area contributed by atoms with Gasteiger partial charge in [-0.1, -0.05) is 6.07 Å². The zero-order valence-electron chi connectivity index (χ0n) is 15.7. The molecule has 0 bridgehead atoms. The Kier molecular flexibility index (Phi) is 6.39. The zero-order valence-corrected chi connectivity index (χ0v) is 15.7. The number of rotatable bonds is 4. The average Bonchev–Trinajstić information content (AvgIpc) is 2.58. The molecule has 0 unspecified atom stereocenters. The highest BCUT2D eigenvalue weighted by atomic mass is 16.6. The quantitative estimate of drug-likeness (QED) is 0.839.